The van der Waals surface area contributed by atoms with Gasteiger partial charge in [-0.3, -0.25) is 0 Å². The molecular weight excluding hydrogens is 256 g/mol. The number of rotatable bonds is 1. The number of allylic oxidation sites excluding steroid dienone is 6. The van der Waals surface area contributed by atoms with Crippen molar-refractivity contribution in [1.29, 1.82) is 0 Å². The number of ether oxygens (including phenoxy) is 1. The zero-order chi connectivity index (χ0) is 15.5. The van der Waals surface area contributed by atoms with Crippen LogP contribution in [0, 0.1) is 5.92 Å². The summed E-state index contributed by atoms with van der Waals surface area (Å²) in [5.74, 6) is 0.630. The lowest BCUT2D eigenvalue weighted by atomic mass is 9.90. The van der Waals surface area contributed by atoms with E-state index in [0.29, 0.717) is 12.0 Å². The van der Waals surface area contributed by atoms with Gasteiger partial charge in [0.1, 0.15) is 0 Å². The minimum absolute atomic E-state index is 0.136. The first kappa shape index (κ1) is 16.5. The van der Waals surface area contributed by atoms with E-state index in [0.717, 1.165) is 6.42 Å². The summed E-state index contributed by atoms with van der Waals surface area (Å²) in [5.41, 5.74) is 4.71. The Morgan fingerprint density at radius 3 is 2.57 bits per heavy atom. The summed E-state index contributed by atoms with van der Waals surface area (Å²) in [6, 6.07) is 0. The van der Waals surface area contributed by atoms with E-state index >= 15 is 0 Å². The third-order valence-electron chi connectivity index (χ3n) is 5.10. The van der Waals surface area contributed by atoms with E-state index in [-0.39, 0.29) is 5.60 Å². The molecule has 1 saturated heterocycles. The third kappa shape index (κ3) is 4.85. The van der Waals surface area contributed by atoms with Gasteiger partial charge in [-0.05, 0) is 65.2 Å². The summed E-state index contributed by atoms with van der Waals surface area (Å²) in [4.78, 5) is 0. The van der Waals surface area contributed by atoms with Crippen LogP contribution in [0.2, 0.25) is 0 Å². The average molecular weight is 288 g/mol. The lowest BCUT2D eigenvalue weighted by Gasteiger charge is -2.14. The van der Waals surface area contributed by atoms with E-state index in [9.17, 15) is 0 Å². The normalized spacial score (nSPS) is 31.7. The van der Waals surface area contributed by atoms with E-state index in [1.165, 1.54) is 43.3 Å². The second kappa shape index (κ2) is 6.96. The van der Waals surface area contributed by atoms with Crippen LogP contribution in [0.1, 0.15) is 73.1 Å². The highest BCUT2D eigenvalue weighted by molar-refractivity contribution is 5.20. The van der Waals surface area contributed by atoms with Crippen LogP contribution >= 0.6 is 0 Å². The van der Waals surface area contributed by atoms with Crippen LogP contribution in [-0.2, 0) is 4.74 Å². The molecule has 0 spiro atoms. The summed E-state index contributed by atoms with van der Waals surface area (Å²) >= 11 is 0. The van der Waals surface area contributed by atoms with Gasteiger partial charge in [0.05, 0.1) is 11.7 Å². The predicted octanol–water partition coefficient (Wildman–Crippen LogP) is 5.97. The van der Waals surface area contributed by atoms with Crippen LogP contribution in [0.25, 0.3) is 0 Å². The Kier molecular flexibility index (Phi) is 5.48. The van der Waals surface area contributed by atoms with Crippen molar-refractivity contribution in [1.82, 2.24) is 0 Å². The molecule has 1 fully saturated rings. The lowest BCUT2D eigenvalue weighted by Crippen LogP contribution is -2.11. The topological polar surface area (TPSA) is 12.5 Å². The second-order valence-corrected chi connectivity index (χ2v) is 7.46. The molecule has 0 saturated carbocycles. The molecule has 0 aromatic carbocycles. The molecule has 118 valence electrons. The maximum absolute atomic E-state index is 6.01. The first-order valence-corrected chi connectivity index (χ1v) is 8.60. The van der Waals surface area contributed by atoms with Gasteiger partial charge in [-0.25, -0.2) is 0 Å². The SMILES string of the molecule is CC1=CC=C(C(C)C)CCC2(C)OC2CCC(C)=CCC1. The van der Waals surface area contributed by atoms with Gasteiger partial charge in [0.15, 0.2) is 0 Å². The van der Waals surface area contributed by atoms with Crippen LogP contribution in [0.4, 0.5) is 0 Å². The first-order valence-electron chi connectivity index (χ1n) is 8.60. The molecule has 0 N–H and O–H groups in total. The van der Waals surface area contributed by atoms with Gasteiger partial charge in [-0.2, -0.15) is 0 Å². The maximum Gasteiger partial charge on any atom is 0.0923 e. The Hall–Kier alpha value is -0.820. The Labute approximate surface area is 131 Å². The molecular formula is C20H32O. The van der Waals surface area contributed by atoms with Crippen molar-refractivity contribution in [2.45, 2.75) is 84.8 Å². The molecule has 21 heavy (non-hydrogen) atoms. The van der Waals surface area contributed by atoms with Gasteiger partial charge in [-0.1, -0.05) is 48.8 Å². The number of hydrogen-bond acceptors (Lipinski definition) is 1. The molecule has 2 unspecified atom stereocenters. The van der Waals surface area contributed by atoms with E-state index < -0.39 is 0 Å². The number of fused-ring (bicyclic) bond motifs is 1. The van der Waals surface area contributed by atoms with Crippen LogP contribution in [0.15, 0.2) is 34.9 Å². The van der Waals surface area contributed by atoms with Crippen LogP contribution in [0.3, 0.4) is 0 Å². The molecule has 0 aromatic heterocycles. The first-order chi connectivity index (χ1) is 9.90. The summed E-state index contributed by atoms with van der Waals surface area (Å²) in [7, 11) is 0. The van der Waals surface area contributed by atoms with Crippen LogP contribution in [-0.4, -0.2) is 11.7 Å². The van der Waals surface area contributed by atoms with Crippen molar-refractivity contribution < 1.29 is 4.74 Å². The summed E-state index contributed by atoms with van der Waals surface area (Å²) in [5, 5.41) is 0. The van der Waals surface area contributed by atoms with Gasteiger partial charge >= 0.3 is 0 Å². The highest BCUT2D eigenvalue weighted by Gasteiger charge is 2.50. The quantitative estimate of drug-likeness (QED) is 0.427. The highest BCUT2D eigenvalue weighted by atomic mass is 16.6. The fraction of sp³-hybridized carbons (Fsp3) is 0.700. The summed E-state index contributed by atoms with van der Waals surface area (Å²) < 4.78 is 6.01. The Bertz CT molecular complexity index is 452. The van der Waals surface area contributed by atoms with E-state index in [1.54, 1.807) is 5.57 Å². The van der Waals surface area contributed by atoms with Gasteiger partial charge in [0.2, 0.25) is 0 Å². The van der Waals surface area contributed by atoms with Crippen molar-refractivity contribution in [2.75, 3.05) is 0 Å². The maximum atomic E-state index is 6.01. The molecule has 2 rings (SSSR count). The largest absolute Gasteiger partial charge is 0.366 e. The Morgan fingerprint density at radius 1 is 1.10 bits per heavy atom. The minimum atomic E-state index is 0.136. The fourth-order valence-corrected chi connectivity index (χ4v) is 3.17. The molecule has 1 aliphatic heterocycles. The van der Waals surface area contributed by atoms with E-state index in [2.05, 4.69) is 52.8 Å². The molecule has 1 aliphatic carbocycles. The number of epoxide rings is 1. The van der Waals surface area contributed by atoms with Crippen molar-refractivity contribution in [3.63, 3.8) is 0 Å². The van der Waals surface area contributed by atoms with Gasteiger partial charge < -0.3 is 4.74 Å². The van der Waals surface area contributed by atoms with E-state index in [4.69, 9.17) is 4.74 Å². The number of hydrogen-bond donors (Lipinski definition) is 0. The summed E-state index contributed by atoms with van der Waals surface area (Å²) in [6.45, 7) is 11.4. The summed E-state index contributed by atoms with van der Waals surface area (Å²) in [6.07, 6.45) is 14.6. The Morgan fingerprint density at radius 2 is 1.86 bits per heavy atom. The third-order valence-corrected chi connectivity index (χ3v) is 5.10. The Balaban J connectivity index is 2.12. The average Bonchev–Trinajstić information content (AvgIpc) is 3.06. The molecule has 0 radical (unpaired) electrons. The standard InChI is InChI=1S/C20H32O/c1-15(2)18-11-9-16(3)7-6-8-17(4)10-12-19-20(5,21-19)14-13-18/h8-9,11,15,19H,6-7,10,12-14H2,1-5H3. The smallest absolute Gasteiger partial charge is 0.0923 e. The van der Waals surface area contributed by atoms with E-state index in [1.807, 2.05) is 0 Å². The van der Waals surface area contributed by atoms with Crippen molar-refractivity contribution in [3.05, 3.63) is 34.9 Å². The monoisotopic (exact) mass is 288 g/mol. The molecule has 2 aliphatic rings. The minimum Gasteiger partial charge on any atom is -0.366 e. The van der Waals surface area contributed by atoms with Crippen molar-refractivity contribution in [2.24, 2.45) is 5.92 Å². The molecule has 1 heteroatoms. The van der Waals surface area contributed by atoms with Gasteiger partial charge in [0, 0.05) is 0 Å². The molecule has 0 amide bonds. The predicted molar refractivity (Wildman–Crippen MR) is 91.4 cm³/mol. The van der Waals surface area contributed by atoms with Crippen molar-refractivity contribution >= 4 is 0 Å². The molecule has 0 aromatic rings. The fourth-order valence-electron chi connectivity index (χ4n) is 3.17. The van der Waals surface area contributed by atoms with Crippen LogP contribution in [0.5, 0.6) is 0 Å². The molecule has 1 nitrogen and oxygen atoms in total. The zero-order valence-corrected chi connectivity index (χ0v) is 14.5. The van der Waals surface area contributed by atoms with Crippen molar-refractivity contribution in [3.8, 4) is 0 Å². The molecule has 2 atom stereocenters. The molecule has 1 heterocycles. The van der Waals surface area contributed by atoms with Gasteiger partial charge in [0.25, 0.3) is 0 Å². The lowest BCUT2D eigenvalue weighted by molar-refractivity contribution is 0.293. The second-order valence-electron chi connectivity index (χ2n) is 7.46. The molecule has 0 bridgehead atoms. The van der Waals surface area contributed by atoms with Crippen LogP contribution < -0.4 is 0 Å². The highest BCUT2D eigenvalue weighted by Crippen LogP contribution is 2.44. The zero-order valence-electron chi connectivity index (χ0n) is 14.5. The van der Waals surface area contributed by atoms with Gasteiger partial charge in [-0.15, -0.1) is 0 Å².